The summed E-state index contributed by atoms with van der Waals surface area (Å²) in [6.07, 6.45) is -4.43. The first kappa shape index (κ1) is 16.8. The third kappa shape index (κ3) is 3.01. The molecule has 0 atom stereocenters. The number of aryl methyl sites for hydroxylation is 1. The monoisotopic (exact) mass is 334 g/mol. The van der Waals surface area contributed by atoms with E-state index >= 15 is 0 Å². The van der Waals surface area contributed by atoms with Crippen LogP contribution < -0.4 is 5.32 Å². The molecule has 0 radical (unpaired) electrons. The molecule has 0 aliphatic rings. The van der Waals surface area contributed by atoms with Crippen LogP contribution in [0.1, 0.15) is 21.9 Å². The highest BCUT2D eigenvalue weighted by atomic mass is 19.4. The molecule has 0 aromatic carbocycles. The molecular formula is C13H11F5N4O. The lowest BCUT2D eigenvalue weighted by atomic mass is 10.2. The molecule has 0 aliphatic carbocycles. The van der Waals surface area contributed by atoms with Crippen molar-refractivity contribution in [3.05, 3.63) is 41.9 Å². The van der Waals surface area contributed by atoms with Crippen LogP contribution >= 0.6 is 0 Å². The molecule has 0 bridgehead atoms. The molecule has 1 amide bonds. The minimum atomic E-state index is -5.80. The Morgan fingerprint density at radius 3 is 2.57 bits per heavy atom. The Labute approximate surface area is 126 Å². The van der Waals surface area contributed by atoms with Gasteiger partial charge in [0.2, 0.25) is 0 Å². The first-order valence-corrected chi connectivity index (χ1v) is 6.29. The van der Waals surface area contributed by atoms with Gasteiger partial charge in [-0.1, -0.05) is 6.08 Å². The lowest BCUT2D eigenvalue weighted by Gasteiger charge is -2.20. The molecule has 0 fully saturated rings. The van der Waals surface area contributed by atoms with Crippen LogP contribution in [0, 0.1) is 6.92 Å². The summed E-state index contributed by atoms with van der Waals surface area (Å²) in [5.74, 6) is -5.88. The molecule has 1 N–H and O–H groups in total. The fourth-order valence-corrected chi connectivity index (χ4v) is 1.84. The average molecular weight is 334 g/mol. The van der Waals surface area contributed by atoms with Crippen molar-refractivity contribution in [2.75, 3.05) is 6.54 Å². The fraction of sp³-hybridized carbons (Fsp3) is 0.308. The van der Waals surface area contributed by atoms with Crippen molar-refractivity contribution >= 4 is 11.6 Å². The molecule has 5 nitrogen and oxygen atoms in total. The second-order valence-electron chi connectivity index (χ2n) is 4.65. The summed E-state index contributed by atoms with van der Waals surface area (Å²) in [4.78, 5) is 15.6. The number of hydrogen-bond acceptors (Lipinski definition) is 3. The van der Waals surface area contributed by atoms with Crippen molar-refractivity contribution < 1.29 is 26.7 Å². The lowest BCUT2D eigenvalue weighted by Crippen LogP contribution is -2.36. The number of amides is 1. The summed E-state index contributed by atoms with van der Waals surface area (Å²) in [7, 11) is 0. The molecule has 2 aromatic rings. The van der Waals surface area contributed by atoms with Gasteiger partial charge in [-0.25, -0.2) is 9.50 Å². The van der Waals surface area contributed by atoms with E-state index in [1.165, 1.54) is 13.0 Å². The van der Waals surface area contributed by atoms with Gasteiger partial charge in [-0.2, -0.15) is 27.1 Å². The topological polar surface area (TPSA) is 59.3 Å². The number of rotatable bonds is 4. The zero-order chi connectivity index (χ0) is 17.4. The van der Waals surface area contributed by atoms with Gasteiger partial charge in [0.25, 0.3) is 5.91 Å². The van der Waals surface area contributed by atoms with Crippen LogP contribution in [0.4, 0.5) is 22.0 Å². The van der Waals surface area contributed by atoms with Gasteiger partial charge < -0.3 is 5.32 Å². The highest BCUT2D eigenvalue weighted by Crippen LogP contribution is 2.43. The normalized spacial score (nSPS) is 12.4. The molecule has 23 heavy (non-hydrogen) atoms. The predicted octanol–water partition coefficient (Wildman–Crippen LogP) is 2.61. The van der Waals surface area contributed by atoms with Gasteiger partial charge in [0, 0.05) is 18.3 Å². The number of halogens is 5. The summed E-state index contributed by atoms with van der Waals surface area (Å²) in [5.41, 5.74) is -2.08. The Bertz CT molecular complexity index is 766. The van der Waals surface area contributed by atoms with Crippen LogP contribution in [0.3, 0.4) is 0 Å². The van der Waals surface area contributed by atoms with Gasteiger partial charge in [0.15, 0.2) is 11.3 Å². The van der Waals surface area contributed by atoms with Gasteiger partial charge in [-0.05, 0) is 13.0 Å². The fourth-order valence-electron chi connectivity index (χ4n) is 1.84. The Morgan fingerprint density at radius 1 is 1.35 bits per heavy atom. The van der Waals surface area contributed by atoms with Crippen LogP contribution in [0.2, 0.25) is 0 Å². The molecule has 0 spiro atoms. The molecule has 0 unspecified atom stereocenters. The van der Waals surface area contributed by atoms with E-state index in [0.29, 0.717) is 10.6 Å². The largest absolute Gasteiger partial charge is 0.459 e. The second-order valence-corrected chi connectivity index (χ2v) is 4.65. The number of carbonyl (C=O) groups excluding carboxylic acids is 1. The van der Waals surface area contributed by atoms with Crippen LogP contribution in [0.5, 0.6) is 0 Å². The Kier molecular flexibility index (Phi) is 4.10. The summed E-state index contributed by atoms with van der Waals surface area (Å²) in [6.45, 7) is 4.73. The van der Waals surface area contributed by atoms with E-state index in [1.54, 1.807) is 0 Å². The van der Waals surface area contributed by atoms with Crippen molar-refractivity contribution in [2.24, 2.45) is 0 Å². The molecule has 2 rings (SSSR count). The van der Waals surface area contributed by atoms with Crippen LogP contribution in [0.25, 0.3) is 5.65 Å². The second kappa shape index (κ2) is 5.60. The summed E-state index contributed by atoms with van der Waals surface area (Å²) >= 11 is 0. The van der Waals surface area contributed by atoms with Crippen molar-refractivity contribution in [1.29, 1.82) is 0 Å². The average Bonchev–Trinajstić information content (AvgIpc) is 2.86. The lowest BCUT2D eigenvalue weighted by molar-refractivity contribution is -0.291. The first-order chi connectivity index (χ1) is 10.6. The number of hydrogen-bond donors (Lipinski definition) is 1. The van der Waals surface area contributed by atoms with E-state index in [4.69, 9.17) is 0 Å². The SMILES string of the molecule is C=CCNC(=O)c1cc2nc(C)cc(C(F)(F)C(F)(F)F)n2n1. The standard InChI is InChI=1S/C13H11F5N4O/c1-3-4-19-11(23)8-6-10-20-7(2)5-9(22(10)21-8)12(14,15)13(16,17)18/h3,5-6H,1,4H2,2H3,(H,19,23). The molecular weight excluding hydrogens is 323 g/mol. The Morgan fingerprint density at radius 2 is 2.00 bits per heavy atom. The number of nitrogens with one attached hydrogen (secondary N) is 1. The van der Waals surface area contributed by atoms with Crippen molar-refractivity contribution in [3.63, 3.8) is 0 Å². The molecule has 10 heteroatoms. The van der Waals surface area contributed by atoms with E-state index in [0.717, 1.165) is 6.07 Å². The highest BCUT2D eigenvalue weighted by Gasteiger charge is 2.60. The third-order valence-corrected chi connectivity index (χ3v) is 2.87. The maximum atomic E-state index is 13.7. The molecule has 2 aromatic heterocycles. The molecule has 2 heterocycles. The van der Waals surface area contributed by atoms with Crippen LogP contribution in [0.15, 0.2) is 24.8 Å². The summed E-state index contributed by atoms with van der Waals surface area (Å²) in [6, 6.07) is 1.61. The Balaban J connectivity index is 2.61. The molecule has 0 saturated heterocycles. The van der Waals surface area contributed by atoms with Gasteiger partial charge >= 0.3 is 12.1 Å². The number of nitrogens with zero attached hydrogens (tertiary/aromatic N) is 3. The first-order valence-electron chi connectivity index (χ1n) is 6.29. The maximum absolute atomic E-state index is 13.7. The predicted molar refractivity (Wildman–Crippen MR) is 70.2 cm³/mol. The van der Waals surface area contributed by atoms with E-state index in [-0.39, 0.29) is 23.6 Å². The zero-order valence-corrected chi connectivity index (χ0v) is 11.8. The maximum Gasteiger partial charge on any atom is 0.459 e. The van der Waals surface area contributed by atoms with Crippen LogP contribution in [-0.4, -0.2) is 33.2 Å². The summed E-state index contributed by atoms with van der Waals surface area (Å²) in [5, 5.41) is 5.86. The minimum Gasteiger partial charge on any atom is -0.347 e. The van der Waals surface area contributed by atoms with Crippen molar-refractivity contribution in [2.45, 2.75) is 19.0 Å². The van der Waals surface area contributed by atoms with Crippen molar-refractivity contribution in [1.82, 2.24) is 19.9 Å². The van der Waals surface area contributed by atoms with E-state index < -0.39 is 23.7 Å². The molecule has 124 valence electrons. The van der Waals surface area contributed by atoms with Gasteiger partial charge in [0.1, 0.15) is 5.69 Å². The van der Waals surface area contributed by atoms with Gasteiger partial charge in [-0.3, -0.25) is 4.79 Å². The Hall–Kier alpha value is -2.52. The van der Waals surface area contributed by atoms with Crippen LogP contribution in [-0.2, 0) is 5.92 Å². The smallest absolute Gasteiger partial charge is 0.347 e. The van der Waals surface area contributed by atoms with E-state index in [9.17, 15) is 26.7 Å². The summed E-state index contributed by atoms with van der Waals surface area (Å²) < 4.78 is 65.5. The van der Waals surface area contributed by atoms with Crippen molar-refractivity contribution in [3.8, 4) is 0 Å². The number of carbonyl (C=O) groups is 1. The molecule has 0 saturated carbocycles. The highest BCUT2D eigenvalue weighted by molar-refractivity contribution is 5.93. The molecule has 0 aliphatic heterocycles. The number of alkyl halides is 5. The number of fused-ring (bicyclic) bond motifs is 1. The third-order valence-electron chi connectivity index (χ3n) is 2.87. The number of aromatic nitrogens is 3. The van der Waals surface area contributed by atoms with E-state index in [2.05, 4.69) is 22.0 Å². The zero-order valence-electron chi connectivity index (χ0n) is 11.8. The van der Waals surface area contributed by atoms with Gasteiger partial charge in [-0.15, -0.1) is 6.58 Å². The van der Waals surface area contributed by atoms with Gasteiger partial charge in [0.05, 0.1) is 0 Å². The van der Waals surface area contributed by atoms with E-state index in [1.807, 2.05) is 0 Å². The minimum absolute atomic E-state index is 0.0608. The quantitative estimate of drug-likeness (QED) is 0.691.